The normalized spacial score (nSPS) is 11.4. The van der Waals surface area contributed by atoms with Gasteiger partial charge in [0.25, 0.3) is 5.91 Å². The molecule has 5 nitrogen and oxygen atoms in total. The van der Waals surface area contributed by atoms with Gasteiger partial charge in [-0.2, -0.15) is 10.2 Å². The molecule has 1 amide bonds. The average molecular weight is 340 g/mol. The van der Waals surface area contributed by atoms with Gasteiger partial charge in [0.1, 0.15) is 17.3 Å². The van der Waals surface area contributed by atoms with Crippen molar-refractivity contribution in [2.75, 3.05) is 0 Å². The number of halogens is 2. The minimum Gasteiger partial charge on any atom is -0.272 e. The van der Waals surface area contributed by atoms with E-state index in [2.05, 4.69) is 20.7 Å². The number of carbonyl (C=O) groups excluding carboxylic acids is 1. The number of amides is 1. The Balaban J connectivity index is 1.70. The smallest absolute Gasteiger partial charge is 0.272 e. The summed E-state index contributed by atoms with van der Waals surface area (Å²) in [5.74, 6) is -1.16. The molecule has 126 valence electrons. The largest absolute Gasteiger partial charge is 0.289 e. The Morgan fingerprint density at radius 1 is 1.04 bits per heavy atom. The van der Waals surface area contributed by atoms with Crippen LogP contribution in [0.2, 0.25) is 0 Å². The van der Waals surface area contributed by atoms with Crippen LogP contribution in [0.25, 0.3) is 11.3 Å². The molecule has 0 unspecified atom stereocenters. The minimum absolute atomic E-state index is 0.218. The van der Waals surface area contributed by atoms with E-state index in [9.17, 15) is 13.6 Å². The summed E-state index contributed by atoms with van der Waals surface area (Å²) >= 11 is 0. The molecular weight excluding hydrogens is 326 g/mol. The maximum Gasteiger partial charge on any atom is 0.289 e. The summed E-state index contributed by atoms with van der Waals surface area (Å²) < 4.78 is 25.9. The van der Waals surface area contributed by atoms with Crippen molar-refractivity contribution in [3.05, 3.63) is 77.5 Å². The number of carbonyl (C=O) groups is 1. The lowest BCUT2D eigenvalue weighted by atomic mass is 10.1. The molecule has 1 heterocycles. The van der Waals surface area contributed by atoms with Gasteiger partial charge in [0, 0.05) is 5.56 Å². The molecular formula is C18H14F2N4O. The van der Waals surface area contributed by atoms with E-state index in [-0.39, 0.29) is 17.3 Å². The quantitative estimate of drug-likeness (QED) is 0.564. The van der Waals surface area contributed by atoms with E-state index in [0.717, 1.165) is 0 Å². The predicted octanol–water partition coefficient (Wildman–Crippen LogP) is 3.51. The second-order valence-corrected chi connectivity index (χ2v) is 5.32. The number of hydrogen-bond donors (Lipinski definition) is 2. The van der Waals surface area contributed by atoms with Crippen LogP contribution in [-0.2, 0) is 0 Å². The Morgan fingerprint density at radius 2 is 1.64 bits per heavy atom. The summed E-state index contributed by atoms with van der Waals surface area (Å²) in [6.07, 6.45) is 0. The third-order valence-electron chi connectivity index (χ3n) is 3.55. The highest BCUT2D eigenvalue weighted by Crippen LogP contribution is 2.18. The van der Waals surface area contributed by atoms with Gasteiger partial charge in [-0.25, -0.2) is 14.2 Å². The van der Waals surface area contributed by atoms with Crippen LogP contribution >= 0.6 is 0 Å². The molecule has 0 atom stereocenters. The lowest BCUT2D eigenvalue weighted by Gasteiger charge is -2.01. The van der Waals surface area contributed by atoms with Gasteiger partial charge in [-0.05, 0) is 55.0 Å². The van der Waals surface area contributed by atoms with Gasteiger partial charge in [0.15, 0.2) is 0 Å². The van der Waals surface area contributed by atoms with Crippen LogP contribution in [0, 0.1) is 11.6 Å². The van der Waals surface area contributed by atoms with E-state index in [1.165, 1.54) is 24.3 Å². The molecule has 0 saturated heterocycles. The van der Waals surface area contributed by atoms with Gasteiger partial charge >= 0.3 is 0 Å². The van der Waals surface area contributed by atoms with Crippen molar-refractivity contribution in [2.45, 2.75) is 6.92 Å². The van der Waals surface area contributed by atoms with Crippen molar-refractivity contribution in [1.82, 2.24) is 15.6 Å². The second-order valence-electron chi connectivity index (χ2n) is 5.32. The van der Waals surface area contributed by atoms with Crippen molar-refractivity contribution in [3.63, 3.8) is 0 Å². The monoisotopic (exact) mass is 340 g/mol. The van der Waals surface area contributed by atoms with Gasteiger partial charge in [-0.3, -0.25) is 9.89 Å². The first kappa shape index (κ1) is 16.5. The number of aromatic nitrogens is 2. The van der Waals surface area contributed by atoms with Crippen molar-refractivity contribution >= 4 is 11.6 Å². The summed E-state index contributed by atoms with van der Waals surface area (Å²) in [5, 5.41) is 10.6. The Kier molecular flexibility index (Phi) is 4.65. The molecule has 7 heteroatoms. The molecule has 2 N–H and O–H groups in total. The Morgan fingerprint density at radius 3 is 2.28 bits per heavy atom. The molecule has 25 heavy (non-hydrogen) atoms. The first-order valence-corrected chi connectivity index (χ1v) is 7.45. The fourth-order valence-electron chi connectivity index (χ4n) is 2.16. The van der Waals surface area contributed by atoms with E-state index >= 15 is 0 Å². The molecule has 2 aromatic carbocycles. The molecule has 0 fully saturated rings. The summed E-state index contributed by atoms with van der Waals surface area (Å²) in [6, 6.07) is 13.1. The van der Waals surface area contributed by atoms with Gasteiger partial charge in [-0.15, -0.1) is 0 Å². The number of nitrogens with one attached hydrogen (secondary N) is 2. The van der Waals surface area contributed by atoms with Crippen LogP contribution in [0.3, 0.4) is 0 Å². The van der Waals surface area contributed by atoms with E-state index in [4.69, 9.17) is 0 Å². The molecule has 0 bridgehead atoms. The van der Waals surface area contributed by atoms with Crippen LogP contribution < -0.4 is 5.43 Å². The zero-order valence-electron chi connectivity index (χ0n) is 13.3. The molecule has 0 aliphatic carbocycles. The molecule has 3 rings (SSSR count). The number of H-pyrrole nitrogens is 1. The van der Waals surface area contributed by atoms with Crippen LogP contribution in [0.1, 0.15) is 23.0 Å². The summed E-state index contributed by atoms with van der Waals surface area (Å²) in [6.45, 7) is 1.70. The van der Waals surface area contributed by atoms with Crippen LogP contribution in [0.15, 0.2) is 59.7 Å². The third-order valence-corrected chi connectivity index (χ3v) is 3.55. The van der Waals surface area contributed by atoms with Crippen molar-refractivity contribution in [1.29, 1.82) is 0 Å². The Bertz CT molecular complexity index is 915. The topological polar surface area (TPSA) is 70.1 Å². The third kappa shape index (κ3) is 3.95. The minimum atomic E-state index is -0.470. The fourth-order valence-corrected chi connectivity index (χ4v) is 2.16. The van der Waals surface area contributed by atoms with E-state index < -0.39 is 5.91 Å². The van der Waals surface area contributed by atoms with E-state index in [1.807, 2.05) is 0 Å². The van der Waals surface area contributed by atoms with Crippen molar-refractivity contribution < 1.29 is 13.6 Å². The van der Waals surface area contributed by atoms with Crippen molar-refractivity contribution in [2.24, 2.45) is 5.10 Å². The highest BCUT2D eigenvalue weighted by atomic mass is 19.1. The van der Waals surface area contributed by atoms with Crippen LogP contribution in [-0.4, -0.2) is 21.8 Å². The Labute approximate surface area is 142 Å². The van der Waals surface area contributed by atoms with Crippen LogP contribution in [0.5, 0.6) is 0 Å². The number of hydrazone groups is 1. The molecule has 0 aliphatic heterocycles. The first-order valence-electron chi connectivity index (χ1n) is 7.45. The van der Waals surface area contributed by atoms with Gasteiger partial charge in [-0.1, -0.05) is 12.1 Å². The number of aromatic amines is 1. The lowest BCUT2D eigenvalue weighted by Crippen LogP contribution is -2.19. The standard InChI is InChI=1S/C18H14F2N4O/c1-11(12-2-6-14(19)7-3-12)21-24-18(25)17-10-16(22-23-17)13-4-8-15(20)9-5-13/h2-10H,1H3,(H,22,23)(H,24,25). The van der Waals surface area contributed by atoms with Gasteiger partial charge < -0.3 is 0 Å². The van der Waals surface area contributed by atoms with E-state index in [1.54, 1.807) is 37.3 Å². The number of nitrogens with zero attached hydrogens (tertiary/aromatic N) is 2. The number of hydrogen-bond acceptors (Lipinski definition) is 3. The molecule has 0 saturated carbocycles. The predicted molar refractivity (Wildman–Crippen MR) is 90.1 cm³/mol. The maximum absolute atomic E-state index is 12.9. The number of benzene rings is 2. The summed E-state index contributed by atoms with van der Waals surface area (Å²) in [4.78, 5) is 12.1. The van der Waals surface area contributed by atoms with Gasteiger partial charge in [0.2, 0.25) is 0 Å². The lowest BCUT2D eigenvalue weighted by molar-refractivity contribution is 0.0950. The van der Waals surface area contributed by atoms with Gasteiger partial charge in [0.05, 0.1) is 11.4 Å². The zero-order chi connectivity index (χ0) is 17.8. The Hall–Kier alpha value is -3.35. The fraction of sp³-hybridized carbons (Fsp3) is 0.0556. The van der Waals surface area contributed by atoms with Crippen molar-refractivity contribution in [3.8, 4) is 11.3 Å². The molecule has 0 aliphatic rings. The highest BCUT2D eigenvalue weighted by molar-refractivity contribution is 6.00. The van der Waals surface area contributed by atoms with E-state index in [0.29, 0.717) is 22.5 Å². The number of rotatable bonds is 4. The maximum atomic E-state index is 12.9. The molecule has 1 aromatic heterocycles. The zero-order valence-corrected chi connectivity index (χ0v) is 13.3. The SMILES string of the molecule is CC(=NNC(=O)c1cc(-c2ccc(F)cc2)n[nH]1)c1ccc(F)cc1. The second kappa shape index (κ2) is 7.04. The highest BCUT2D eigenvalue weighted by Gasteiger charge is 2.11. The molecule has 0 radical (unpaired) electrons. The summed E-state index contributed by atoms with van der Waals surface area (Å²) in [7, 11) is 0. The average Bonchev–Trinajstić information content (AvgIpc) is 3.11. The molecule has 3 aromatic rings. The first-order chi connectivity index (χ1) is 12.0. The molecule has 0 spiro atoms. The van der Waals surface area contributed by atoms with Crippen LogP contribution in [0.4, 0.5) is 8.78 Å². The summed E-state index contributed by atoms with van der Waals surface area (Å²) in [5.41, 5.74) is 5.06.